The van der Waals surface area contributed by atoms with Crippen LogP contribution in [0.5, 0.6) is 0 Å². The van der Waals surface area contributed by atoms with E-state index in [1.807, 2.05) is 0 Å². The molecule has 0 bridgehead atoms. The standard InChI is InChI=1S/C12H19N3O/c1-9(2)7-11(13)8-15-12(16)10-3-5-14-6-4-10/h3-6,9,11H,7-8,13H2,1-2H3,(H,15,16). The van der Waals surface area contributed by atoms with Gasteiger partial charge in [-0.2, -0.15) is 0 Å². The van der Waals surface area contributed by atoms with Gasteiger partial charge in [-0.25, -0.2) is 0 Å². The quantitative estimate of drug-likeness (QED) is 0.784. The van der Waals surface area contributed by atoms with Gasteiger partial charge in [0.05, 0.1) is 0 Å². The number of carbonyl (C=O) groups is 1. The van der Waals surface area contributed by atoms with E-state index in [-0.39, 0.29) is 11.9 Å². The van der Waals surface area contributed by atoms with Crippen LogP contribution in [-0.4, -0.2) is 23.5 Å². The van der Waals surface area contributed by atoms with Gasteiger partial charge in [0.15, 0.2) is 0 Å². The van der Waals surface area contributed by atoms with Crippen LogP contribution in [0, 0.1) is 5.92 Å². The molecule has 16 heavy (non-hydrogen) atoms. The maximum absolute atomic E-state index is 11.6. The highest BCUT2D eigenvalue weighted by Crippen LogP contribution is 2.02. The van der Waals surface area contributed by atoms with E-state index < -0.39 is 0 Å². The van der Waals surface area contributed by atoms with E-state index in [4.69, 9.17) is 5.73 Å². The Morgan fingerprint density at radius 3 is 2.62 bits per heavy atom. The predicted molar refractivity (Wildman–Crippen MR) is 64.0 cm³/mol. The second-order valence-corrected chi connectivity index (χ2v) is 4.34. The van der Waals surface area contributed by atoms with Crippen LogP contribution < -0.4 is 11.1 Å². The molecule has 1 atom stereocenters. The SMILES string of the molecule is CC(C)CC(N)CNC(=O)c1ccncc1. The predicted octanol–water partition coefficient (Wildman–Crippen LogP) is 1.18. The normalized spacial score (nSPS) is 12.5. The molecule has 0 saturated carbocycles. The number of nitrogens with one attached hydrogen (secondary N) is 1. The zero-order valence-corrected chi connectivity index (χ0v) is 9.81. The first-order valence-corrected chi connectivity index (χ1v) is 5.53. The third-order valence-corrected chi connectivity index (χ3v) is 2.24. The van der Waals surface area contributed by atoms with Crippen molar-refractivity contribution in [2.45, 2.75) is 26.3 Å². The molecule has 1 amide bonds. The van der Waals surface area contributed by atoms with Crippen molar-refractivity contribution in [2.75, 3.05) is 6.54 Å². The second kappa shape index (κ2) is 6.23. The molecule has 0 aromatic carbocycles. The smallest absolute Gasteiger partial charge is 0.251 e. The summed E-state index contributed by atoms with van der Waals surface area (Å²) in [6.07, 6.45) is 4.11. The number of aromatic nitrogens is 1. The second-order valence-electron chi connectivity index (χ2n) is 4.34. The summed E-state index contributed by atoms with van der Waals surface area (Å²) < 4.78 is 0. The molecule has 1 heterocycles. The highest BCUT2D eigenvalue weighted by atomic mass is 16.1. The van der Waals surface area contributed by atoms with Crippen molar-refractivity contribution in [3.63, 3.8) is 0 Å². The average Bonchev–Trinajstić information content (AvgIpc) is 2.26. The summed E-state index contributed by atoms with van der Waals surface area (Å²) in [5.41, 5.74) is 6.49. The fourth-order valence-electron chi connectivity index (χ4n) is 1.52. The third-order valence-electron chi connectivity index (χ3n) is 2.24. The number of hydrogen-bond donors (Lipinski definition) is 2. The summed E-state index contributed by atoms with van der Waals surface area (Å²) in [7, 11) is 0. The molecule has 1 aromatic rings. The van der Waals surface area contributed by atoms with Crippen LogP contribution in [0.1, 0.15) is 30.6 Å². The summed E-state index contributed by atoms with van der Waals surface area (Å²) >= 11 is 0. The molecule has 1 unspecified atom stereocenters. The minimum Gasteiger partial charge on any atom is -0.350 e. The van der Waals surface area contributed by atoms with Gasteiger partial charge >= 0.3 is 0 Å². The van der Waals surface area contributed by atoms with Crippen LogP contribution in [-0.2, 0) is 0 Å². The van der Waals surface area contributed by atoms with Gasteiger partial charge in [-0.3, -0.25) is 9.78 Å². The molecule has 1 aromatic heterocycles. The zero-order valence-electron chi connectivity index (χ0n) is 9.81. The Balaban J connectivity index is 2.36. The number of nitrogens with two attached hydrogens (primary N) is 1. The molecule has 0 fully saturated rings. The molecule has 0 aliphatic heterocycles. The van der Waals surface area contributed by atoms with E-state index in [2.05, 4.69) is 24.1 Å². The highest BCUT2D eigenvalue weighted by molar-refractivity contribution is 5.93. The van der Waals surface area contributed by atoms with Crippen molar-refractivity contribution in [3.05, 3.63) is 30.1 Å². The van der Waals surface area contributed by atoms with Crippen LogP contribution in [0.3, 0.4) is 0 Å². The van der Waals surface area contributed by atoms with Gasteiger partial charge < -0.3 is 11.1 Å². The molecule has 0 spiro atoms. The van der Waals surface area contributed by atoms with Crippen molar-refractivity contribution >= 4 is 5.91 Å². The molecule has 88 valence electrons. The topological polar surface area (TPSA) is 68.0 Å². The molecule has 0 radical (unpaired) electrons. The van der Waals surface area contributed by atoms with Crippen LogP contribution in [0.4, 0.5) is 0 Å². The maximum Gasteiger partial charge on any atom is 0.251 e. The number of amides is 1. The van der Waals surface area contributed by atoms with Crippen molar-refractivity contribution in [3.8, 4) is 0 Å². The molecule has 0 aliphatic rings. The first-order valence-electron chi connectivity index (χ1n) is 5.53. The Morgan fingerprint density at radius 2 is 2.06 bits per heavy atom. The molecule has 0 aliphatic carbocycles. The number of carbonyl (C=O) groups excluding carboxylic acids is 1. The lowest BCUT2D eigenvalue weighted by Gasteiger charge is -2.14. The van der Waals surface area contributed by atoms with Crippen molar-refractivity contribution in [1.29, 1.82) is 0 Å². The maximum atomic E-state index is 11.6. The molecular weight excluding hydrogens is 202 g/mol. The van der Waals surface area contributed by atoms with Gasteiger partial charge in [0, 0.05) is 30.5 Å². The lowest BCUT2D eigenvalue weighted by atomic mass is 10.0. The number of pyridine rings is 1. The van der Waals surface area contributed by atoms with Gasteiger partial charge in [0.25, 0.3) is 5.91 Å². The fourth-order valence-corrected chi connectivity index (χ4v) is 1.52. The third kappa shape index (κ3) is 4.40. The Labute approximate surface area is 96.3 Å². The molecule has 3 N–H and O–H groups in total. The lowest BCUT2D eigenvalue weighted by Crippen LogP contribution is -2.38. The van der Waals surface area contributed by atoms with Gasteiger partial charge in [0.1, 0.15) is 0 Å². The zero-order chi connectivity index (χ0) is 12.0. The summed E-state index contributed by atoms with van der Waals surface area (Å²) in [4.78, 5) is 15.5. The molecule has 0 saturated heterocycles. The Morgan fingerprint density at radius 1 is 1.44 bits per heavy atom. The largest absolute Gasteiger partial charge is 0.350 e. The minimum absolute atomic E-state index is 0.0192. The molecule has 4 nitrogen and oxygen atoms in total. The Hall–Kier alpha value is -1.42. The van der Waals surface area contributed by atoms with Gasteiger partial charge in [0.2, 0.25) is 0 Å². The monoisotopic (exact) mass is 221 g/mol. The van der Waals surface area contributed by atoms with Crippen LogP contribution in [0.25, 0.3) is 0 Å². The van der Waals surface area contributed by atoms with E-state index >= 15 is 0 Å². The number of hydrogen-bond acceptors (Lipinski definition) is 3. The Kier molecular flexibility index (Phi) is 4.92. The van der Waals surface area contributed by atoms with Crippen molar-refractivity contribution in [1.82, 2.24) is 10.3 Å². The highest BCUT2D eigenvalue weighted by Gasteiger charge is 2.08. The molecular formula is C12H19N3O. The minimum atomic E-state index is -0.0957. The van der Waals surface area contributed by atoms with Gasteiger partial charge in [-0.15, -0.1) is 0 Å². The van der Waals surface area contributed by atoms with Crippen molar-refractivity contribution in [2.24, 2.45) is 11.7 Å². The van der Waals surface area contributed by atoms with Crippen LogP contribution in [0.15, 0.2) is 24.5 Å². The average molecular weight is 221 g/mol. The van der Waals surface area contributed by atoms with Gasteiger partial charge in [-0.1, -0.05) is 13.8 Å². The van der Waals surface area contributed by atoms with Crippen molar-refractivity contribution < 1.29 is 4.79 Å². The molecule has 4 heteroatoms. The fraction of sp³-hybridized carbons (Fsp3) is 0.500. The van der Waals surface area contributed by atoms with Gasteiger partial charge in [-0.05, 0) is 24.5 Å². The van der Waals surface area contributed by atoms with Crippen LogP contribution in [0.2, 0.25) is 0 Å². The lowest BCUT2D eigenvalue weighted by molar-refractivity contribution is 0.0950. The number of rotatable bonds is 5. The van der Waals surface area contributed by atoms with E-state index in [0.29, 0.717) is 18.0 Å². The van der Waals surface area contributed by atoms with E-state index in [0.717, 1.165) is 6.42 Å². The first kappa shape index (κ1) is 12.6. The van der Waals surface area contributed by atoms with E-state index in [1.165, 1.54) is 0 Å². The van der Waals surface area contributed by atoms with E-state index in [9.17, 15) is 4.79 Å². The summed E-state index contributed by atoms with van der Waals surface area (Å²) in [6, 6.07) is 3.39. The summed E-state index contributed by atoms with van der Waals surface area (Å²) in [5.74, 6) is 0.453. The van der Waals surface area contributed by atoms with Crippen LogP contribution >= 0.6 is 0 Å². The Bertz CT molecular complexity index is 324. The molecule has 1 rings (SSSR count). The number of nitrogens with zero attached hydrogens (tertiary/aromatic N) is 1. The summed E-state index contributed by atoms with van der Waals surface area (Å²) in [6.45, 7) is 4.74. The first-order chi connectivity index (χ1) is 7.59. The summed E-state index contributed by atoms with van der Waals surface area (Å²) in [5, 5.41) is 2.81. The van der Waals surface area contributed by atoms with E-state index in [1.54, 1.807) is 24.5 Å².